The lowest BCUT2D eigenvalue weighted by atomic mass is 9.87. The third-order valence-electron chi connectivity index (χ3n) is 4.64. The second-order valence-electron chi connectivity index (χ2n) is 6.45. The second-order valence-corrected chi connectivity index (χ2v) is 6.45. The maximum absolute atomic E-state index is 13.0. The number of hydrogen-bond acceptors (Lipinski definition) is 4. The molecule has 1 saturated heterocycles. The van der Waals surface area contributed by atoms with Gasteiger partial charge in [-0.25, -0.2) is 0 Å². The molecule has 1 aromatic carbocycles. The maximum atomic E-state index is 13.0. The molecule has 0 aliphatic carbocycles. The number of benzene rings is 1. The van der Waals surface area contributed by atoms with Crippen LogP contribution in [-0.2, 0) is 15.8 Å². The van der Waals surface area contributed by atoms with Crippen molar-refractivity contribution in [2.75, 3.05) is 18.9 Å². The van der Waals surface area contributed by atoms with Crippen molar-refractivity contribution >= 4 is 17.5 Å². The fourth-order valence-electron chi connectivity index (χ4n) is 3.24. The molecular formula is C19H15F3N4O2. The minimum atomic E-state index is -4.53. The molecular weight excluding hydrogens is 373 g/mol. The summed E-state index contributed by atoms with van der Waals surface area (Å²) in [6.45, 7) is 0.108. The van der Waals surface area contributed by atoms with Crippen LogP contribution < -0.4 is 5.32 Å². The Kier molecular flexibility index (Phi) is 5.05. The third-order valence-corrected chi connectivity index (χ3v) is 4.64. The molecule has 1 fully saturated rings. The summed E-state index contributed by atoms with van der Waals surface area (Å²) in [7, 11) is 1.49. The van der Waals surface area contributed by atoms with Gasteiger partial charge in [-0.2, -0.15) is 18.4 Å². The molecule has 0 saturated carbocycles. The summed E-state index contributed by atoms with van der Waals surface area (Å²) in [4.78, 5) is 30.5. The molecule has 2 amide bonds. The van der Waals surface area contributed by atoms with Crippen LogP contribution in [0.25, 0.3) is 0 Å². The molecule has 0 radical (unpaired) electrons. The van der Waals surface area contributed by atoms with E-state index in [0.29, 0.717) is 0 Å². The summed E-state index contributed by atoms with van der Waals surface area (Å²) in [6, 6.07) is 7.93. The first kappa shape index (κ1) is 19.4. The lowest BCUT2D eigenvalue weighted by Crippen LogP contribution is -2.33. The molecule has 1 N–H and O–H groups in total. The number of rotatable bonds is 3. The zero-order valence-electron chi connectivity index (χ0n) is 14.7. The van der Waals surface area contributed by atoms with E-state index in [-0.39, 0.29) is 23.4 Å². The highest BCUT2D eigenvalue weighted by Gasteiger charge is 2.45. The molecule has 28 heavy (non-hydrogen) atoms. The molecule has 1 aliphatic heterocycles. The lowest BCUT2D eigenvalue weighted by Gasteiger charge is -2.18. The standard InChI is InChI=1S/C19H15F3N4O2/c1-26-10-14(11-3-2-4-13(7-11)19(20,21)22)16(18(26)28)17(27)25-15-9-24-6-5-12(15)8-23/h2-7,9,14,16H,10H2,1H3,(H,25,27)/t14-,16+/m1/s1. The van der Waals surface area contributed by atoms with E-state index in [1.807, 2.05) is 6.07 Å². The zero-order valence-corrected chi connectivity index (χ0v) is 14.7. The Bertz CT molecular complexity index is 968. The number of carbonyl (C=O) groups excluding carboxylic acids is 2. The van der Waals surface area contributed by atoms with Crippen LogP contribution in [0.5, 0.6) is 0 Å². The van der Waals surface area contributed by atoms with Gasteiger partial charge >= 0.3 is 6.18 Å². The van der Waals surface area contributed by atoms with E-state index < -0.39 is 35.4 Å². The van der Waals surface area contributed by atoms with Gasteiger partial charge in [-0.15, -0.1) is 0 Å². The first-order valence-electron chi connectivity index (χ1n) is 8.29. The van der Waals surface area contributed by atoms with Crippen LogP contribution in [0.15, 0.2) is 42.7 Å². The van der Waals surface area contributed by atoms with Crippen LogP contribution in [0.3, 0.4) is 0 Å². The minimum Gasteiger partial charge on any atom is -0.344 e. The van der Waals surface area contributed by atoms with Crippen molar-refractivity contribution in [1.29, 1.82) is 5.26 Å². The van der Waals surface area contributed by atoms with E-state index in [1.54, 1.807) is 0 Å². The number of halogens is 3. The molecule has 2 aromatic rings. The largest absolute Gasteiger partial charge is 0.416 e. The monoisotopic (exact) mass is 388 g/mol. The van der Waals surface area contributed by atoms with E-state index in [9.17, 15) is 22.8 Å². The van der Waals surface area contributed by atoms with Crippen LogP contribution >= 0.6 is 0 Å². The molecule has 1 aromatic heterocycles. The van der Waals surface area contributed by atoms with E-state index in [0.717, 1.165) is 12.1 Å². The van der Waals surface area contributed by atoms with Gasteiger partial charge in [0.25, 0.3) is 0 Å². The molecule has 0 bridgehead atoms. The number of carbonyl (C=O) groups is 2. The Morgan fingerprint density at radius 3 is 2.79 bits per heavy atom. The van der Waals surface area contributed by atoms with Crippen LogP contribution in [0.4, 0.5) is 18.9 Å². The van der Waals surface area contributed by atoms with Crippen molar-refractivity contribution in [3.8, 4) is 6.07 Å². The number of likely N-dealkylation sites (tertiary alicyclic amines) is 1. The molecule has 6 nitrogen and oxygen atoms in total. The van der Waals surface area contributed by atoms with Gasteiger partial charge in [0.1, 0.15) is 12.0 Å². The Morgan fingerprint density at radius 1 is 1.36 bits per heavy atom. The highest BCUT2D eigenvalue weighted by molar-refractivity contribution is 6.08. The van der Waals surface area contributed by atoms with Gasteiger partial charge in [0.05, 0.1) is 23.0 Å². The van der Waals surface area contributed by atoms with Gasteiger partial charge in [-0.3, -0.25) is 14.6 Å². The third kappa shape index (κ3) is 3.67. The van der Waals surface area contributed by atoms with E-state index >= 15 is 0 Å². The Hall–Kier alpha value is -3.41. The first-order chi connectivity index (χ1) is 13.2. The van der Waals surface area contributed by atoms with Crippen LogP contribution in [0.1, 0.15) is 22.6 Å². The van der Waals surface area contributed by atoms with Crippen molar-refractivity contribution in [3.63, 3.8) is 0 Å². The fraction of sp³-hybridized carbons (Fsp3) is 0.263. The topological polar surface area (TPSA) is 86.1 Å². The summed E-state index contributed by atoms with van der Waals surface area (Å²) in [5.74, 6) is -3.15. The van der Waals surface area contributed by atoms with Gasteiger partial charge in [0.15, 0.2) is 0 Å². The summed E-state index contributed by atoms with van der Waals surface area (Å²) >= 11 is 0. The smallest absolute Gasteiger partial charge is 0.344 e. The Labute approximate surface area is 158 Å². The average Bonchev–Trinajstić information content (AvgIpc) is 2.96. The molecule has 0 unspecified atom stereocenters. The van der Waals surface area contributed by atoms with Gasteiger partial charge in [-0.05, 0) is 17.7 Å². The average molecular weight is 388 g/mol. The van der Waals surface area contributed by atoms with Gasteiger partial charge in [0, 0.05) is 25.7 Å². The summed E-state index contributed by atoms with van der Waals surface area (Å²) in [5.41, 5.74) is -0.289. The molecule has 1 aliphatic rings. The summed E-state index contributed by atoms with van der Waals surface area (Å²) in [5, 5.41) is 11.6. The summed E-state index contributed by atoms with van der Waals surface area (Å²) in [6.07, 6.45) is -1.87. The van der Waals surface area contributed by atoms with Gasteiger partial charge in [-0.1, -0.05) is 18.2 Å². The molecule has 3 rings (SSSR count). The van der Waals surface area contributed by atoms with E-state index in [4.69, 9.17) is 5.26 Å². The number of pyridine rings is 1. The number of likely N-dealkylation sites (N-methyl/N-ethyl adjacent to an activating group) is 1. The molecule has 2 heterocycles. The van der Waals surface area contributed by atoms with Crippen molar-refractivity contribution < 1.29 is 22.8 Å². The van der Waals surface area contributed by atoms with Crippen molar-refractivity contribution in [2.24, 2.45) is 5.92 Å². The van der Waals surface area contributed by atoms with Gasteiger partial charge < -0.3 is 10.2 Å². The number of nitrogens with zero attached hydrogens (tertiary/aromatic N) is 3. The molecule has 2 atom stereocenters. The number of alkyl halides is 3. The minimum absolute atomic E-state index is 0.108. The van der Waals surface area contributed by atoms with Crippen molar-refractivity contribution in [2.45, 2.75) is 12.1 Å². The highest BCUT2D eigenvalue weighted by Crippen LogP contribution is 2.37. The number of nitriles is 1. The Balaban J connectivity index is 1.93. The number of anilines is 1. The first-order valence-corrected chi connectivity index (χ1v) is 8.29. The number of hydrogen-bond donors (Lipinski definition) is 1. The van der Waals surface area contributed by atoms with Crippen molar-refractivity contribution in [3.05, 3.63) is 59.4 Å². The molecule has 144 valence electrons. The molecule has 9 heteroatoms. The predicted octanol–water partition coefficient (Wildman–Crippen LogP) is 2.78. The SMILES string of the molecule is CN1C[C@H](c2cccc(C(F)(F)F)c2)[C@@H](C(=O)Nc2cnccc2C#N)C1=O. The Morgan fingerprint density at radius 2 is 2.11 bits per heavy atom. The maximum Gasteiger partial charge on any atom is 0.416 e. The van der Waals surface area contributed by atoms with E-state index in [2.05, 4.69) is 10.3 Å². The zero-order chi connectivity index (χ0) is 20.5. The highest BCUT2D eigenvalue weighted by atomic mass is 19.4. The van der Waals surface area contributed by atoms with Crippen LogP contribution in [0.2, 0.25) is 0 Å². The number of amides is 2. The van der Waals surface area contributed by atoms with Crippen LogP contribution in [-0.4, -0.2) is 35.3 Å². The second kappa shape index (κ2) is 7.31. The van der Waals surface area contributed by atoms with Crippen LogP contribution in [0, 0.1) is 17.2 Å². The quantitative estimate of drug-likeness (QED) is 0.820. The van der Waals surface area contributed by atoms with Crippen molar-refractivity contribution in [1.82, 2.24) is 9.88 Å². The fourth-order valence-corrected chi connectivity index (χ4v) is 3.24. The summed E-state index contributed by atoms with van der Waals surface area (Å²) < 4.78 is 39.1. The number of aromatic nitrogens is 1. The lowest BCUT2D eigenvalue weighted by molar-refractivity contribution is -0.137. The molecule has 0 spiro atoms. The normalized spacial score (nSPS) is 19.4. The predicted molar refractivity (Wildman–Crippen MR) is 92.9 cm³/mol. The van der Waals surface area contributed by atoms with E-state index in [1.165, 1.54) is 42.5 Å². The number of nitrogens with one attached hydrogen (secondary N) is 1. The van der Waals surface area contributed by atoms with Gasteiger partial charge in [0.2, 0.25) is 11.8 Å².